The summed E-state index contributed by atoms with van der Waals surface area (Å²) in [7, 11) is 0. The maximum atomic E-state index is 12.5. The molecule has 0 spiro atoms. The second-order valence-electron chi connectivity index (χ2n) is 7.02. The predicted octanol–water partition coefficient (Wildman–Crippen LogP) is 2.36. The Balaban J connectivity index is 1.41. The SMILES string of the molecule is Cc1cccc(-n2nnnc2SCC(=O)NC(Cc2c[nH]c3ccccc23)C(=O)O)c1. The molecule has 9 nitrogen and oxygen atoms in total. The number of aromatic amines is 1. The van der Waals surface area contributed by atoms with E-state index in [9.17, 15) is 14.7 Å². The Kier molecular flexibility index (Phi) is 5.99. The molecule has 31 heavy (non-hydrogen) atoms. The second-order valence-corrected chi connectivity index (χ2v) is 7.97. The maximum Gasteiger partial charge on any atom is 0.326 e. The van der Waals surface area contributed by atoms with Crippen LogP contribution in [-0.4, -0.2) is 54.0 Å². The van der Waals surface area contributed by atoms with Gasteiger partial charge in [0.2, 0.25) is 11.1 Å². The highest BCUT2D eigenvalue weighted by molar-refractivity contribution is 7.99. The molecule has 2 aromatic heterocycles. The summed E-state index contributed by atoms with van der Waals surface area (Å²) in [4.78, 5) is 27.3. The minimum atomic E-state index is -1.09. The number of thioether (sulfide) groups is 1. The molecule has 1 atom stereocenters. The molecule has 0 bridgehead atoms. The largest absolute Gasteiger partial charge is 0.480 e. The van der Waals surface area contributed by atoms with E-state index in [0.29, 0.717) is 5.16 Å². The van der Waals surface area contributed by atoms with Gasteiger partial charge in [0.25, 0.3) is 0 Å². The van der Waals surface area contributed by atoms with E-state index in [1.54, 1.807) is 10.9 Å². The summed E-state index contributed by atoms with van der Waals surface area (Å²) in [5.74, 6) is -1.51. The summed E-state index contributed by atoms with van der Waals surface area (Å²) in [5, 5.41) is 25.2. The van der Waals surface area contributed by atoms with Crippen molar-refractivity contribution in [3.8, 4) is 5.69 Å². The van der Waals surface area contributed by atoms with Crippen molar-refractivity contribution in [1.29, 1.82) is 0 Å². The summed E-state index contributed by atoms with van der Waals surface area (Å²) in [6, 6.07) is 14.3. The van der Waals surface area contributed by atoms with E-state index in [2.05, 4.69) is 25.8 Å². The number of nitrogens with one attached hydrogen (secondary N) is 2. The van der Waals surface area contributed by atoms with Gasteiger partial charge < -0.3 is 15.4 Å². The molecule has 10 heteroatoms. The number of fused-ring (bicyclic) bond motifs is 1. The number of aromatic nitrogens is 5. The lowest BCUT2D eigenvalue weighted by Crippen LogP contribution is -2.43. The van der Waals surface area contributed by atoms with E-state index < -0.39 is 17.9 Å². The standard InChI is InChI=1S/C21H20N6O3S/c1-13-5-4-6-15(9-13)27-21(24-25-26-27)31-12-19(28)23-18(20(29)30)10-14-11-22-17-8-3-2-7-16(14)17/h2-9,11,18,22H,10,12H2,1H3,(H,23,28)(H,29,30). The average Bonchev–Trinajstić information content (AvgIpc) is 3.39. The van der Waals surface area contributed by atoms with Crippen LogP contribution in [0.1, 0.15) is 11.1 Å². The van der Waals surface area contributed by atoms with Crippen molar-refractivity contribution in [2.75, 3.05) is 5.75 Å². The summed E-state index contributed by atoms with van der Waals surface area (Å²) >= 11 is 1.14. The highest BCUT2D eigenvalue weighted by Crippen LogP contribution is 2.20. The van der Waals surface area contributed by atoms with Crippen LogP contribution in [0.5, 0.6) is 0 Å². The van der Waals surface area contributed by atoms with Crippen LogP contribution >= 0.6 is 11.8 Å². The number of carboxylic acid groups (broad SMARTS) is 1. The molecule has 0 aliphatic rings. The molecule has 0 aliphatic heterocycles. The van der Waals surface area contributed by atoms with Crippen molar-refractivity contribution in [3.05, 3.63) is 65.9 Å². The molecule has 1 unspecified atom stereocenters. The van der Waals surface area contributed by atoms with Gasteiger partial charge in [-0.3, -0.25) is 4.79 Å². The molecular weight excluding hydrogens is 416 g/mol. The lowest BCUT2D eigenvalue weighted by Gasteiger charge is -2.14. The number of carbonyl (C=O) groups is 2. The van der Waals surface area contributed by atoms with Crippen LogP contribution in [0, 0.1) is 6.92 Å². The van der Waals surface area contributed by atoms with Crippen molar-refractivity contribution in [1.82, 2.24) is 30.5 Å². The Hall–Kier alpha value is -3.66. The van der Waals surface area contributed by atoms with Gasteiger partial charge in [0.1, 0.15) is 6.04 Å². The number of aliphatic carboxylic acids is 1. The summed E-state index contributed by atoms with van der Waals surface area (Å²) in [6.45, 7) is 1.97. The van der Waals surface area contributed by atoms with E-state index in [0.717, 1.165) is 39.5 Å². The van der Waals surface area contributed by atoms with Gasteiger partial charge in [0, 0.05) is 23.5 Å². The highest BCUT2D eigenvalue weighted by Gasteiger charge is 2.22. The summed E-state index contributed by atoms with van der Waals surface area (Å²) in [6.07, 6.45) is 1.95. The molecule has 4 aromatic rings. The number of hydrogen-bond acceptors (Lipinski definition) is 6. The average molecular weight is 436 g/mol. The van der Waals surface area contributed by atoms with Gasteiger partial charge in [0.15, 0.2) is 0 Å². The van der Waals surface area contributed by atoms with Crippen LogP contribution in [0.2, 0.25) is 0 Å². The van der Waals surface area contributed by atoms with Crippen molar-refractivity contribution < 1.29 is 14.7 Å². The van der Waals surface area contributed by atoms with Crippen molar-refractivity contribution in [2.24, 2.45) is 0 Å². The fourth-order valence-electron chi connectivity index (χ4n) is 3.28. The molecule has 3 N–H and O–H groups in total. The molecule has 0 fully saturated rings. The quantitative estimate of drug-likeness (QED) is 0.362. The minimum absolute atomic E-state index is 0.0101. The van der Waals surface area contributed by atoms with Gasteiger partial charge in [0.05, 0.1) is 11.4 Å². The number of carboxylic acids is 1. The molecule has 2 heterocycles. The van der Waals surface area contributed by atoms with E-state index in [-0.39, 0.29) is 12.2 Å². The molecule has 0 aliphatic carbocycles. The van der Waals surface area contributed by atoms with Crippen LogP contribution in [0.25, 0.3) is 16.6 Å². The lowest BCUT2D eigenvalue weighted by molar-refractivity contribution is -0.141. The minimum Gasteiger partial charge on any atom is -0.480 e. The monoisotopic (exact) mass is 436 g/mol. The number of para-hydroxylation sites is 1. The Morgan fingerprint density at radius 3 is 2.87 bits per heavy atom. The zero-order valence-electron chi connectivity index (χ0n) is 16.6. The Bertz CT molecular complexity index is 1230. The number of tetrazole rings is 1. The first-order valence-corrected chi connectivity index (χ1v) is 10.5. The number of amides is 1. The molecule has 1 amide bonds. The van der Waals surface area contributed by atoms with Gasteiger partial charge in [-0.15, -0.1) is 5.10 Å². The molecule has 2 aromatic carbocycles. The predicted molar refractivity (Wildman–Crippen MR) is 116 cm³/mol. The number of benzene rings is 2. The fourth-order valence-corrected chi connectivity index (χ4v) is 3.98. The topological polar surface area (TPSA) is 126 Å². The van der Waals surface area contributed by atoms with Crippen LogP contribution in [0.4, 0.5) is 0 Å². The first-order chi connectivity index (χ1) is 15.0. The third-order valence-electron chi connectivity index (χ3n) is 4.75. The third-order valence-corrected chi connectivity index (χ3v) is 5.67. The van der Waals surface area contributed by atoms with Crippen LogP contribution in [0.3, 0.4) is 0 Å². The lowest BCUT2D eigenvalue weighted by atomic mass is 10.1. The number of rotatable bonds is 8. The second kappa shape index (κ2) is 9.00. The van der Waals surface area contributed by atoms with E-state index in [4.69, 9.17) is 0 Å². The number of nitrogens with zero attached hydrogens (tertiary/aromatic N) is 4. The number of hydrogen-bond donors (Lipinski definition) is 3. The van der Waals surface area contributed by atoms with Crippen LogP contribution in [-0.2, 0) is 16.0 Å². The Morgan fingerprint density at radius 2 is 2.06 bits per heavy atom. The fraction of sp³-hybridized carbons (Fsp3) is 0.190. The van der Waals surface area contributed by atoms with Crippen LogP contribution < -0.4 is 5.32 Å². The molecule has 0 radical (unpaired) electrons. The van der Waals surface area contributed by atoms with Gasteiger partial charge in [-0.2, -0.15) is 4.68 Å². The van der Waals surface area contributed by atoms with E-state index in [1.807, 2.05) is 55.5 Å². The highest BCUT2D eigenvalue weighted by atomic mass is 32.2. The number of carbonyl (C=O) groups excluding carboxylic acids is 1. The Labute approximate surface area is 181 Å². The molecule has 0 saturated heterocycles. The maximum absolute atomic E-state index is 12.5. The van der Waals surface area contributed by atoms with E-state index >= 15 is 0 Å². The molecule has 158 valence electrons. The van der Waals surface area contributed by atoms with Gasteiger partial charge in [-0.1, -0.05) is 42.1 Å². The smallest absolute Gasteiger partial charge is 0.326 e. The summed E-state index contributed by atoms with van der Waals surface area (Å²) < 4.78 is 1.55. The van der Waals surface area contributed by atoms with Crippen molar-refractivity contribution >= 4 is 34.5 Å². The number of H-pyrrole nitrogens is 1. The molecule has 0 saturated carbocycles. The van der Waals surface area contributed by atoms with Crippen molar-refractivity contribution in [3.63, 3.8) is 0 Å². The first kappa shape index (κ1) is 20.6. The molecule has 4 rings (SSSR count). The van der Waals surface area contributed by atoms with Crippen LogP contribution in [0.15, 0.2) is 59.9 Å². The summed E-state index contributed by atoms with van der Waals surface area (Å²) in [5.41, 5.74) is 3.60. The van der Waals surface area contributed by atoms with Gasteiger partial charge >= 0.3 is 5.97 Å². The van der Waals surface area contributed by atoms with Gasteiger partial charge in [-0.25, -0.2) is 4.79 Å². The van der Waals surface area contributed by atoms with Crippen molar-refractivity contribution in [2.45, 2.75) is 24.5 Å². The van der Waals surface area contributed by atoms with E-state index in [1.165, 1.54) is 0 Å². The third kappa shape index (κ3) is 4.75. The first-order valence-electron chi connectivity index (χ1n) is 9.56. The van der Waals surface area contributed by atoms with Gasteiger partial charge in [-0.05, 0) is 46.7 Å². The zero-order valence-corrected chi connectivity index (χ0v) is 17.5. The zero-order chi connectivity index (χ0) is 21.8. The number of aryl methyl sites for hydroxylation is 1. The normalized spacial score (nSPS) is 12.0. The Morgan fingerprint density at radius 1 is 1.23 bits per heavy atom. The molecular formula is C21H20N6O3S.